The van der Waals surface area contributed by atoms with E-state index in [4.69, 9.17) is 0 Å². The topological polar surface area (TPSA) is 30.7 Å². The first-order valence-corrected chi connectivity index (χ1v) is 7.25. The van der Waals surface area contributed by atoms with Crippen LogP contribution in [0.25, 0.3) is 17.1 Å². The third kappa shape index (κ3) is 2.47. The number of hydrogen-bond acceptors (Lipinski definition) is 2. The molecule has 0 aliphatic rings. The summed E-state index contributed by atoms with van der Waals surface area (Å²) < 4.78 is 2.16. The van der Waals surface area contributed by atoms with Crippen molar-refractivity contribution in [1.29, 1.82) is 0 Å². The van der Waals surface area contributed by atoms with Gasteiger partial charge in [0.2, 0.25) is 0 Å². The minimum Gasteiger partial charge on any atom is -0.279 e. The van der Waals surface area contributed by atoms with E-state index in [0.29, 0.717) is 5.92 Å². The highest BCUT2D eigenvalue weighted by Gasteiger charge is 2.18. The van der Waals surface area contributed by atoms with Crippen molar-refractivity contribution in [2.45, 2.75) is 26.7 Å². The lowest BCUT2D eigenvalue weighted by Crippen LogP contribution is -2.05. The van der Waals surface area contributed by atoms with Crippen LogP contribution in [0.1, 0.15) is 31.2 Å². The highest BCUT2D eigenvalue weighted by atomic mass is 15.3. The molecule has 3 rings (SSSR count). The van der Waals surface area contributed by atoms with Crippen molar-refractivity contribution in [2.24, 2.45) is 0 Å². The van der Waals surface area contributed by atoms with E-state index in [-0.39, 0.29) is 0 Å². The van der Waals surface area contributed by atoms with Crippen molar-refractivity contribution in [3.63, 3.8) is 0 Å². The maximum Gasteiger partial charge on any atom is 0.168 e. The first-order chi connectivity index (χ1) is 10.2. The second-order valence-electron chi connectivity index (χ2n) is 5.52. The average molecular weight is 277 g/mol. The molecule has 0 atom stereocenters. The number of nitrogens with zero attached hydrogens (tertiary/aromatic N) is 3. The Bertz CT molecular complexity index is 742. The Morgan fingerprint density at radius 1 is 0.857 bits per heavy atom. The molecule has 21 heavy (non-hydrogen) atoms. The van der Waals surface area contributed by atoms with Crippen LogP contribution in [0, 0.1) is 6.92 Å². The molecule has 0 saturated heterocycles. The lowest BCUT2D eigenvalue weighted by atomic mass is 10.1. The van der Waals surface area contributed by atoms with Crippen molar-refractivity contribution in [3.8, 4) is 17.1 Å². The zero-order valence-electron chi connectivity index (χ0n) is 12.6. The van der Waals surface area contributed by atoms with Crippen LogP contribution >= 0.6 is 0 Å². The van der Waals surface area contributed by atoms with Crippen LogP contribution < -0.4 is 0 Å². The molecule has 3 nitrogen and oxygen atoms in total. The molecule has 0 bridgehead atoms. The van der Waals surface area contributed by atoms with Crippen molar-refractivity contribution in [2.75, 3.05) is 0 Å². The molecule has 0 unspecified atom stereocenters. The molecule has 0 saturated carbocycles. The van der Waals surface area contributed by atoms with Gasteiger partial charge < -0.3 is 0 Å². The lowest BCUT2D eigenvalue weighted by Gasteiger charge is -2.13. The van der Waals surface area contributed by atoms with Crippen LogP contribution in [0.2, 0.25) is 0 Å². The smallest absolute Gasteiger partial charge is 0.168 e. The van der Waals surface area contributed by atoms with Gasteiger partial charge in [-0.3, -0.25) is 4.57 Å². The summed E-state index contributed by atoms with van der Waals surface area (Å²) in [7, 11) is 0. The Morgan fingerprint density at radius 2 is 1.52 bits per heavy atom. The Hall–Kier alpha value is -2.42. The number of para-hydroxylation sites is 1. The Morgan fingerprint density at radius 3 is 2.19 bits per heavy atom. The van der Waals surface area contributed by atoms with Gasteiger partial charge in [0.05, 0.1) is 0 Å². The SMILES string of the molecule is Cc1ccccc1-c1nnc(C(C)C)n1-c1ccccc1. The average Bonchev–Trinajstić information content (AvgIpc) is 2.93. The van der Waals surface area contributed by atoms with Gasteiger partial charge in [0.25, 0.3) is 0 Å². The third-order valence-electron chi connectivity index (χ3n) is 3.60. The van der Waals surface area contributed by atoms with Crippen molar-refractivity contribution >= 4 is 0 Å². The van der Waals surface area contributed by atoms with Gasteiger partial charge in [-0.2, -0.15) is 0 Å². The van der Waals surface area contributed by atoms with E-state index in [0.717, 1.165) is 22.9 Å². The van der Waals surface area contributed by atoms with E-state index >= 15 is 0 Å². The van der Waals surface area contributed by atoms with Gasteiger partial charge in [-0.15, -0.1) is 10.2 Å². The first-order valence-electron chi connectivity index (χ1n) is 7.25. The second-order valence-corrected chi connectivity index (χ2v) is 5.52. The summed E-state index contributed by atoms with van der Waals surface area (Å²) in [6, 6.07) is 18.6. The number of rotatable bonds is 3. The molecule has 0 radical (unpaired) electrons. The third-order valence-corrected chi connectivity index (χ3v) is 3.60. The van der Waals surface area contributed by atoms with E-state index in [9.17, 15) is 0 Å². The molecule has 0 aliphatic heterocycles. The highest BCUT2D eigenvalue weighted by Crippen LogP contribution is 2.28. The number of benzene rings is 2. The summed E-state index contributed by atoms with van der Waals surface area (Å²) in [6.07, 6.45) is 0. The normalized spacial score (nSPS) is 11.0. The number of hydrogen-bond donors (Lipinski definition) is 0. The van der Waals surface area contributed by atoms with E-state index < -0.39 is 0 Å². The predicted molar refractivity (Wildman–Crippen MR) is 85.6 cm³/mol. The summed E-state index contributed by atoms with van der Waals surface area (Å²) in [5.74, 6) is 2.21. The van der Waals surface area contributed by atoms with Gasteiger partial charge in [-0.25, -0.2) is 0 Å². The molecule has 0 aliphatic carbocycles. The lowest BCUT2D eigenvalue weighted by molar-refractivity contribution is 0.746. The van der Waals surface area contributed by atoms with Crippen molar-refractivity contribution in [1.82, 2.24) is 14.8 Å². The minimum atomic E-state index is 0.315. The molecule has 0 amide bonds. The Kier molecular flexibility index (Phi) is 3.57. The van der Waals surface area contributed by atoms with Gasteiger partial charge in [0.15, 0.2) is 5.82 Å². The molecule has 3 aromatic rings. The molecule has 1 heterocycles. The van der Waals surface area contributed by atoms with Crippen LogP contribution in [-0.2, 0) is 0 Å². The molecule has 0 fully saturated rings. The largest absolute Gasteiger partial charge is 0.279 e. The second kappa shape index (κ2) is 5.52. The Balaban J connectivity index is 2.26. The summed E-state index contributed by atoms with van der Waals surface area (Å²) in [5.41, 5.74) is 3.43. The quantitative estimate of drug-likeness (QED) is 0.712. The van der Waals surface area contributed by atoms with E-state index in [1.54, 1.807) is 0 Å². The molecule has 106 valence electrons. The number of aryl methyl sites for hydroxylation is 1. The molecule has 1 aromatic heterocycles. The maximum absolute atomic E-state index is 4.46. The molecular formula is C18H19N3. The highest BCUT2D eigenvalue weighted by molar-refractivity contribution is 5.62. The van der Waals surface area contributed by atoms with Crippen molar-refractivity contribution in [3.05, 3.63) is 66.0 Å². The summed E-state index contributed by atoms with van der Waals surface area (Å²) in [5, 5.41) is 8.88. The number of aromatic nitrogens is 3. The predicted octanol–water partition coefficient (Wildman–Crippen LogP) is 4.37. The Labute approximate surface area is 125 Å². The van der Waals surface area contributed by atoms with Gasteiger partial charge >= 0.3 is 0 Å². The van der Waals surface area contributed by atoms with E-state index in [2.05, 4.69) is 59.8 Å². The van der Waals surface area contributed by atoms with Crippen LogP contribution in [-0.4, -0.2) is 14.8 Å². The van der Waals surface area contributed by atoms with Crippen LogP contribution in [0.15, 0.2) is 54.6 Å². The molecule has 2 aromatic carbocycles. The zero-order chi connectivity index (χ0) is 14.8. The fraction of sp³-hybridized carbons (Fsp3) is 0.222. The molecule has 0 spiro atoms. The van der Waals surface area contributed by atoms with E-state index in [1.807, 2.05) is 30.3 Å². The van der Waals surface area contributed by atoms with Crippen LogP contribution in [0.5, 0.6) is 0 Å². The fourth-order valence-corrected chi connectivity index (χ4v) is 2.50. The monoisotopic (exact) mass is 277 g/mol. The summed E-state index contributed by atoms with van der Waals surface area (Å²) >= 11 is 0. The first kappa shape index (κ1) is 13.6. The zero-order valence-corrected chi connectivity index (χ0v) is 12.6. The van der Waals surface area contributed by atoms with Crippen LogP contribution in [0.3, 0.4) is 0 Å². The summed E-state index contributed by atoms with van der Waals surface area (Å²) in [6.45, 7) is 6.39. The van der Waals surface area contributed by atoms with Crippen molar-refractivity contribution < 1.29 is 0 Å². The standard InChI is InChI=1S/C18H19N3/c1-13(2)17-19-20-18(16-12-8-7-9-14(16)3)21(17)15-10-5-4-6-11-15/h4-13H,1-3H3. The van der Waals surface area contributed by atoms with Gasteiger partial charge in [-0.05, 0) is 24.6 Å². The minimum absolute atomic E-state index is 0.315. The molecular weight excluding hydrogens is 258 g/mol. The molecule has 0 N–H and O–H groups in total. The maximum atomic E-state index is 4.46. The van der Waals surface area contributed by atoms with Gasteiger partial charge in [-0.1, -0.05) is 56.3 Å². The fourth-order valence-electron chi connectivity index (χ4n) is 2.50. The van der Waals surface area contributed by atoms with Gasteiger partial charge in [0.1, 0.15) is 5.82 Å². The van der Waals surface area contributed by atoms with Crippen LogP contribution in [0.4, 0.5) is 0 Å². The summed E-state index contributed by atoms with van der Waals surface area (Å²) in [4.78, 5) is 0. The van der Waals surface area contributed by atoms with E-state index in [1.165, 1.54) is 5.56 Å². The van der Waals surface area contributed by atoms with Gasteiger partial charge in [0, 0.05) is 17.2 Å². The molecule has 3 heteroatoms.